The quantitative estimate of drug-likeness (QED) is 0.770. The Morgan fingerprint density at radius 2 is 1.91 bits per heavy atom. The summed E-state index contributed by atoms with van der Waals surface area (Å²) < 4.78 is 24.6. The van der Waals surface area contributed by atoms with Gasteiger partial charge in [0, 0.05) is 26.2 Å². The summed E-state index contributed by atoms with van der Waals surface area (Å²) in [7, 11) is -3.19. The predicted octanol–water partition coefficient (Wildman–Crippen LogP) is 0.506. The third-order valence-corrected chi connectivity index (χ3v) is 5.89. The molecule has 0 aromatic heterocycles. The van der Waals surface area contributed by atoms with Crippen LogP contribution in [0.25, 0.3) is 0 Å². The average molecular weight is 331 g/mol. The molecule has 2 heterocycles. The van der Waals surface area contributed by atoms with Crippen LogP contribution >= 0.6 is 0 Å². The van der Waals surface area contributed by atoms with E-state index in [1.54, 1.807) is 0 Å². The molecule has 1 amide bonds. The van der Waals surface area contributed by atoms with Crippen molar-refractivity contribution in [2.45, 2.75) is 32.6 Å². The molecule has 1 N–H and O–H groups in total. The molecule has 0 aromatic rings. The van der Waals surface area contributed by atoms with E-state index >= 15 is 0 Å². The summed E-state index contributed by atoms with van der Waals surface area (Å²) in [4.78, 5) is 14.7. The van der Waals surface area contributed by atoms with Crippen LogP contribution in [0.2, 0.25) is 0 Å². The van der Waals surface area contributed by atoms with Crippen LogP contribution in [0.3, 0.4) is 0 Å². The molecule has 6 nitrogen and oxygen atoms in total. The summed E-state index contributed by atoms with van der Waals surface area (Å²) in [6, 6.07) is 0. The molecule has 0 saturated carbocycles. The number of piperidine rings is 1. The molecule has 0 unspecified atom stereocenters. The van der Waals surface area contributed by atoms with E-state index in [-0.39, 0.29) is 11.8 Å². The van der Waals surface area contributed by atoms with Gasteiger partial charge in [0.15, 0.2) is 0 Å². The maximum Gasteiger partial charge on any atom is 0.224 e. The zero-order chi connectivity index (χ0) is 16.2. The first-order chi connectivity index (χ1) is 10.4. The lowest BCUT2D eigenvalue weighted by molar-refractivity contribution is -0.126. The van der Waals surface area contributed by atoms with E-state index in [9.17, 15) is 13.2 Å². The molecule has 0 spiro atoms. The number of carbonyl (C=O) groups is 1. The number of likely N-dealkylation sites (tertiary alicyclic amines) is 1. The highest BCUT2D eigenvalue weighted by Crippen LogP contribution is 2.19. The van der Waals surface area contributed by atoms with Crippen LogP contribution in [0.15, 0.2) is 0 Å². The van der Waals surface area contributed by atoms with Gasteiger partial charge in [-0.1, -0.05) is 6.92 Å². The molecule has 0 aliphatic carbocycles. The highest BCUT2D eigenvalue weighted by atomic mass is 32.2. The van der Waals surface area contributed by atoms with E-state index in [0.717, 1.165) is 19.4 Å². The van der Waals surface area contributed by atoms with Crippen LogP contribution in [0.4, 0.5) is 0 Å². The first-order valence-electron chi connectivity index (χ1n) is 8.31. The monoisotopic (exact) mass is 331 g/mol. The molecular weight excluding hydrogens is 302 g/mol. The van der Waals surface area contributed by atoms with E-state index in [0.29, 0.717) is 25.6 Å². The van der Waals surface area contributed by atoms with Crippen molar-refractivity contribution in [1.82, 2.24) is 14.5 Å². The Bertz CT molecular complexity index is 474. The van der Waals surface area contributed by atoms with Crippen LogP contribution in [-0.4, -0.2) is 69.1 Å². The third-order valence-electron chi connectivity index (χ3n) is 4.62. The number of hydrogen-bond acceptors (Lipinski definition) is 4. The van der Waals surface area contributed by atoms with Crippen molar-refractivity contribution in [3.63, 3.8) is 0 Å². The molecule has 2 rings (SSSR count). The molecule has 0 bridgehead atoms. The maximum absolute atomic E-state index is 12.3. The van der Waals surface area contributed by atoms with Gasteiger partial charge in [0.25, 0.3) is 0 Å². The van der Waals surface area contributed by atoms with Gasteiger partial charge in [0.1, 0.15) is 0 Å². The summed E-state index contributed by atoms with van der Waals surface area (Å²) in [6.45, 7) is 7.06. The summed E-state index contributed by atoms with van der Waals surface area (Å²) in [5, 5.41) is 3.01. The molecule has 2 atom stereocenters. The van der Waals surface area contributed by atoms with Gasteiger partial charge >= 0.3 is 0 Å². The molecule has 2 fully saturated rings. The van der Waals surface area contributed by atoms with Crippen molar-refractivity contribution in [1.29, 1.82) is 0 Å². The van der Waals surface area contributed by atoms with Crippen molar-refractivity contribution in [2.75, 3.05) is 45.5 Å². The standard InChI is InChI=1S/C15H29N3O3S/c1-13(11-17-7-3-4-8-17)10-16-15(19)14-6-5-9-18(12-14)22(2,20)21/h13-14H,3-12H2,1-2H3,(H,16,19)/t13-,14+/m0/s1. The number of sulfonamides is 1. The normalized spacial score (nSPS) is 26.0. The maximum atomic E-state index is 12.3. The summed E-state index contributed by atoms with van der Waals surface area (Å²) in [5.41, 5.74) is 0. The Labute approximate surface area is 134 Å². The van der Waals surface area contributed by atoms with Crippen LogP contribution < -0.4 is 5.32 Å². The number of amides is 1. The average Bonchev–Trinajstić information content (AvgIpc) is 2.97. The number of hydrogen-bond donors (Lipinski definition) is 1. The Morgan fingerprint density at radius 3 is 2.55 bits per heavy atom. The lowest BCUT2D eigenvalue weighted by Gasteiger charge is -2.30. The van der Waals surface area contributed by atoms with E-state index in [4.69, 9.17) is 0 Å². The van der Waals surface area contributed by atoms with Crippen LogP contribution in [0.5, 0.6) is 0 Å². The number of nitrogens with one attached hydrogen (secondary N) is 1. The molecule has 2 saturated heterocycles. The summed E-state index contributed by atoms with van der Waals surface area (Å²) in [5.74, 6) is 0.223. The predicted molar refractivity (Wildman–Crippen MR) is 87.0 cm³/mol. The Balaban J connectivity index is 1.74. The van der Waals surface area contributed by atoms with E-state index in [2.05, 4.69) is 17.1 Å². The fourth-order valence-electron chi connectivity index (χ4n) is 3.35. The molecule has 128 valence electrons. The summed E-state index contributed by atoms with van der Waals surface area (Å²) in [6.07, 6.45) is 5.31. The first kappa shape index (κ1) is 17.7. The second-order valence-corrected chi connectivity index (χ2v) is 8.80. The van der Waals surface area contributed by atoms with Gasteiger partial charge in [-0.3, -0.25) is 4.79 Å². The molecule has 22 heavy (non-hydrogen) atoms. The van der Waals surface area contributed by atoms with E-state index in [1.165, 1.54) is 36.5 Å². The van der Waals surface area contributed by atoms with E-state index in [1.807, 2.05) is 0 Å². The fraction of sp³-hybridized carbons (Fsp3) is 0.933. The minimum absolute atomic E-state index is 0.00150. The van der Waals surface area contributed by atoms with Crippen molar-refractivity contribution in [3.05, 3.63) is 0 Å². The fourth-order valence-corrected chi connectivity index (χ4v) is 4.26. The number of nitrogens with zero attached hydrogens (tertiary/aromatic N) is 2. The molecule has 0 radical (unpaired) electrons. The Hall–Kier alpha value is -0.660. The number of rotatable bonds is 6. The highest BCUT2D eigenvalue weighted by molar-refractivity contribution is 7.88. The van der Waals surface area contributed by atoms with Crippen molar-refractivity contribution < 1.29 is 13.2 Å². The van der Waals surface area contributed by atoms with Crippen LogP contribution in [0.1, 0.15) is 32.6 Å². The largest absolute Gasteiger partial charge is 0.356 e. The van der Waals surface area contributed by atoms with Crippen molar-refractivity contribution in [3.8, 4) is 0 Å². The summed E-state index contributed by atoms with van der Waals surface area (Å²) >= 11 is 0. The highest BCUT2D eigenvalue weighted by Gasteiger charge is 2.30. The van der Waals surface area contributed by atoms with Crippen molar-refractivity contribution in [2.24, 2.45) is 11.8 Å². The Morgan fingerprint density at radius 1 is 1.23 bits per heavy atom. The second-order valence-electron chi connectivity index (χ2n) is 6.82. The van der Waals surface area contributed by atoms with Crippen LogP contribution in [0, 0.1) is 11.8 Å². The number of carbonyl (C=O) groups excluding carboxylic acids is 1. The van der Waals surface area contributed by atoms with Crippen molar-refractivity contribution >= 4 is 15.9 Å². The lowest BCUT2D eigenvalue weighted by atomic mass is 9.98. The second kappa shape index (κ2) is 7.75. The lowest BCUT2D eigenvalue weighted by Crippen LogP contribution is -2.46. The zero-order valence-corrected chi connectivity index (χ0v) is 14.6. The van der Waals surface area contributed by atoms with Gasteiger partial charge in [0.2, 0.25) is 15.9 Å². The van der Waals surface area contributed by atoms with E-state index < -0.39 is 10.0 Å². The zero-order valence-electron chi connectivity index (χ0n) is 13.8. The van der Waals surface area contributed by atoms with Crippen LogP contribution in [-0.2, 0) is 14.8 Å². The molecule has 2 aliphatic heterocycles. The minimum atomic E-state index is -3.19. The van der Waals surface area contributed by atoms with Gasteiger partial charge in [-0.15, -0.1) is 0 Å². The van der Waals surface area contributed by atoms with Gasteiger partial charge in [-0.05, 0) is 44.7 Å². The van der Waals surface area contributed by atoms with Gasteiger partial charge in [-0.2, -0.15) is 0 Å². The first-order valence-corrected chi connectivity index (χ1v) is 10.2. The smallest absolute Gasteiger partial charge is 0.224 e. The SMILES string of the molecule is C[C@@H](CNC(=O)[C@@H]1CCCN(S(C)(=O)=O)C1)CN1CCCC1. The molecule has 7 heteroatoms. The topological polar surface area (TPSA) is 69.7 Å². The molecule has 0 aromatic carbocycles. The third kappa shape index (κ3) is 5.21. The van der Waals surface area contributed by atoms with Gasteiger partial charge < -0.3 is 10.2 Å². The molecular formula is C15H29N3O3S. The Kier molecular flexibility index (Phi) is 6.23. The van der Waals surface area contributed by atoms with Gasteiger partial charge in [0.05, 0.1) is 12.2 Å². The minimum Gasteiger partial charge on any atom is -0.356 e. The van der Waals surface area contributed by atoms with Gasteiger partial charge in [-0.25, -0.2) is 12.7 Å². The molecule has 2 aliphatic rings.